The predicted molar refractivity (Wildman–Crippen MR) is 66.3 cm³/mol. The molecule has 0 aliphatic rings. The lowest BCUT2D eigenvalue weighted by molar-refractivity contribution is 0.0685. The van der Waals surface area contributed by atoms with E-state index in [9.17, 15) is 10.2 Å². The van der Waals surface area contributed by atoms with Crippen molar-refractivity contribution in [1.82, 2.24) is 9.78 Å². The molecule has 0 radical (unpaired) electrons. The number of halogens is 1. The molecule has 0 spiro atoms. The second-order valence-corrected chi connectivity index (χ2v) is 5.26. The Labute approximate surface area is 104 Å². The van der Waals surface area contributed by atoms with Crippen LogP contribution in [0.25, 0.3) is 0 Å². The molecule has 0 atom stereocenters. The average Bonchev–Trinajstić information content (AvgIpc) is 2.56. The summed E-state index contributed by atoms with van der Waals surface area (Å²) < 4.78 is 2.88. The van der Waals surface area contributed by atoms with Crippen LogP contribution in [0.1, 0.15) is 25.2 Å². The minimum absolute atomic E-state index is 0.0378. The molecular formula is C11H19BrN2O2. The van der Waals surface area contributed by atoms with Gasteiger partial charge in [-0.2, -0.15) is 5.10 Å². The Balaban J connectivity index is 3.04. The Hall–Kier alpha value is -0.390. The van der Waals surface area contributed by atoms with Crippen molar-refractivity contribution in [1.29, 1.82) is 0 Å². The second-order valence-electron chi connectivity index (χ2n) is 4.47. The first-order valence-electron chi connectivity index (χ1n) is 5.41. The van der Waals surface area contributed by atoms with Crippen molar-refractivity contribution in [2.75, 3.05) is 13.2 Å². The van der Waals surface area contributed by atoms with Crippen molar-refractivity contribution in [2.24, 2.45) is 5.41 Å². The standard InChI is InChI=1S/C11H19BrN2O2/c1-4-14-9(10(12)8(2)13-14)5-11(3,6-15)7-16/h15-16H,4-7H2,1-3H3. The molecule has 0 aliphatic carbocycles. The van der Waals surface area contributed by atoms with Gasteiger partial charge in [-0.05, 0) is 29.8 Å². The number of aryl methyl sites for hydroxylation is 2. The van der Waals surface area contributed by atoms with Crippen LogP contribution in [0.15, 0.2) is 4.47 Å². The van der Waals surface area contributed by atoms with Crippen LogP contribution < -0.4 is 0 Å². The van der Waals surface area contributed by atoms with Crippen molar-refractivity contribution in [3.05, 3.63) is 15.9 Å². The predicted octanol–water partition coefficient (Wildman–Crippen LogP) is 1.51. The van der Waals surface area contributed by atoms with Crippen LogP contribution >= 0.6 is 15.9 Å². The fraction of sp³-hybridized carbons (Fsp3) is 0.727. The van der Waals surface area contributed by atoms with Crippen LogP contribution in [-0.4, -0.2) is 33.2 Å². The zero-order valence-electron chi connectivity index (χ0n) is 10.00. The van der Waals surface area contributed by atoms with Gasteiger partial charge in [-0.15, -0.1) is 0 Å². The zero-order valence-corrected chi connectivity index (χ0v) is 11.6. The summed E-state index contributed by atoms with van der Waals surface area (Å²) in [7, 11) is 0. The highest BCUT2D eigenvalue weighted by Crippen LogP contribution is 2.28. The molecule has 0 fully saturated rings. The molecule has 1 aromatic rings. The van der Waals surface area contributed by atoms with Gasteiger partial charge >= 0.3 is 0 Å². The van der Waals surface area contributed by atoms with Crippen molar-refractivity contribution >= 4 is 15.9 Å². The summed E-state index contributed by atoms with van der Waals surface area (Å²) in [5, 5.41) is 23.0. The van der Waals surface area contributed by atoms with E-state index in [1.807, 2.05) is 25.5 Å². The van der Waals surface area contributed by atoms with E-state index in [4.69, 9.17) is 0 Å². The summed E-state index contributed by atoms with van der Waals surface area (Å²) in [6.45, 7) is 6.54. The molecule has 0 amide bonds. The highest BCUT2D eigenvalue weighted by Gasteiger charge is 2.26. The van der Waals surface area contributed by atoms with Gasteiger partial charge in [0.05, 0.1) is 29.1 Å². The van der Waals surface area contributed by atoms with Crippen molar-refractivity contribution in [2.45, 2.75) is 33.7 Å². The van der Waals surface area contributed by atoms with Gasteiger partial charge < -0.3 is 10.2 Å². The molecule has 92 valence electrons. The van der Waals surface area contributed by atoms with E-state index < -0.39 is 5.41 Å². The lowest BCUT2D eigenvalue weighted by atomic mass is 9.87. The maximum atomic E-state index is 9.30. The average molecular weight is 291 g/mol. The molecule has 0 bridgehead atoms. The molecule has 2 N–H and O–H groups in total. The van der Waals surface area contributed by atoms with Gasteiger partial charge in [0.25, 0.3) is 0 Å². The molecule has 5 heteroatoms. The molecule has 16 heavy (non-hydrogen) atoms. The monoisotopic (exact) mass is 290 g/mol. The van der Waals surface area contributed by atoms with Gasteiger partial charge in [0.2, 0.25) is 0 Å². The Morgan fingerprint density at radius 1 is 1.38 bits per heavy atom. The van der Waals surface area contributed by atoms with Crippen molar-refractivity contribution < 1.29 is 10.2 Å². The van der Waals surface area contributed by atoms with Gasteiger partial charge in [-0.25, -0.2) is 0 Å². The van der Waals surface area contributed by atoms with Crippen LogP contribution in [0.3, 0.4) is 0 Å². The molecule has 0 unspecified atom stereocenters. The topological polar surface area (TPSA) is 58.3 Å². The lowest BCUT2D eigenvalue weighted by Crippen LogP contribution is -2.29. The smallest absolute Gasteiger partial charge is 0.0738 e. The molecule has 0 saturated heterocycles. The maximum absolute atomic E-state index is 9.30. The lowest BCUT2D eigenvalue weighted by Gasteiger charge is -2.24. The van der Waals surface area contributed by atoms with E-state index in [-0.39, 0.29) is 13.2 Å². The third kappa shape index (κ3) is 2.64. The van der Waals surface area contributed by atoms with E-state index >= 15 is 0 Å². The summed E-state index contributed by atoms with van der Waals surface area (Å²) in [5.41, 5.74) is 1.47. The third-order valence-corrected chi connectivity index (χ3v) is 3.84. The Kier molecular flexibility index (Phi) is 4.52. The third-order valence-electron chi connectivity index (χ3n) is 2.81. The van der Waals surface area contributed by atoms with E-state index in [0.717, 1.165) is 22.4 Å². The van der Waals surface area contributed by atoms with E-state index in [1.165, 1.54) is 0 Å². The number of hydrogen-bond acceptors (Lipinski definition) is 3. The van der Waals surface area contributed by atoms with Crippen molar-refractivity contribution in [3.63, 3.8) is 0 Å². The zero-order chi connectivity index (χ0) is 12.3. The van der Waals surface area contributed by atoms with Gasteiger partial charge in [0, 0.05) is 18.4 Å². The van der Waals surface area contributed by atoms with Crippen LogP contribution in [0.5, 0.6) is 0 Å². The molecule has 1 aromatic heterocycles. The highest BCUT2D eigenvalue weighted by molar-refractivity contribution is 9.10. The number of nitrogens with zero attached hydrogens (tertiary/aromatic N) is 2. The van der Waals surface area contributed by atoms with Gasteiger partial charge in [0.1, 0.15) is 0 Å². The van der Waals surface area contributed by atoms with E-state index in [1.54, 1.807) is 0 Å². The summed E-state index contributed by atoms with van der Waals surface area (Å²) >= 11 is 3.51. The van der Waals surface area contributed by atoms with Gasteiger partial charge in [-0.1, -0.05) is 6.92 Å². The minimum atomic E-state index is -0.498. The Morgan fingerprint density at radius 3 is 2.38 bits per heavy atom. The minimum Gasteiger partial charge on any atom is -0.396 e. The van der Waals surface area contributed by atoms with E-state index in [2.05, 4.69) is 21.0 Å². The van der Waals surface area contributed by atoms with E-state index in [0.29, 0.717) is 6.42 Å². The van der Waals surface area contributed by atoms with Crippen molar-refractivity contribution in [3.8, 4) is 0 Å². The van der Waals surface area contributed by atoms with Crippen LogP contribution in [0, 0.1) is 12.3 Å². The molecular weight excluding hydrogens is 272 g/mol. The fourth-order valence-corrected chi connectivity index (χ4v) is 2.03. The number of aliphatic hydroxyl groups excluding tert-OH is 2. The summed E-state index contributed by atoms with van der Waals surface area (Å²) in [4.78, 5) is 0. The molecule has 1 heterocycles. The molecule has 0 aliphatic heterocycles. The Bertz CT molecular complexity index is 359. The fourth-order valence-electron chi connectivity index (χ4n) is 1.60. The molecule has 1 rings (SSSR count). The first-order valence-corrected chi connectivity index (χ1v) is 6.20. The summed E-state index contributed by atoms with van der Waals surface area (Å²) in [6.07, 6.45) is 0.606. The normalized spacial score (nSPS) is 12.1. The van der Waals surface area contributed by atoms with Crippen LogP contribution in [-0.2, 0) is 13.0 Å². The first-order chi connectivity index (χ1) is 7.47. The number of aliphatic hydroxyl groups is 2. The maximum Gasteiger partial charge on any atom is 0.0738 e. The second kappa shape index (κ2) is 5.29. The summed E-state index contributed by atoms with van der Waals surface area (Å²) in [6, 6.07) is 0. The Morgan fingerprint density at radius 2 is 1.94 bits per heavy atom. The molecule has 0 saturated carbocycles. The van der Waals surface area contributed by atoms with Gasteiger partial charge in [0.15, 0.2) is 0 Å². The van der Waals surface area contributed by atoms with Crippen LogP contribution in [0.4, 0.5) is 0 Å². The van der Waals surface area contributed by atoms with Gasteiger partial charge in [-0.3, -0.25) is 4.68 Å². The molecule has 4 nitrogen and oxygen atoms in total. The summed E-state index contributed by atoms with van der Waals surface area (Å²) in [5.74, 6) is 0. The largest absolute Gasteiger partial charge is 0.396 e. The molecule has 0 aromatic carbocycles. The number of aromatic nitrogens is 2. The highest BCUT2D eigenvalue weighted by atomic mass is 79.9. The number of rotatable bonds is 5. The first kappa shape index (κ1) is 13.7. The SMILES string of the molecule is CCn1nc(C)c(Br)c1CC(C)(CO)CO. The number of hydrogen-bond donors (Lipinski definition) is 2. The quantitative estimate of drug-likeness (QED) is 0.864. The van der Waals surface area contributed by atoms with Crippen LogP contribution in [0.2, 0.25) is 0 Å².